The molecular weight excluding hydrogens is 553 g/mol. The first-order valence-electron chi connectivity index (χ1n) is 12.6. The molecule has 0 unspecified atom stereocenters. The second-order valence-corrected chi connectivity index (χ2v) is 9.42. The minimum atomic E-state index is -4.55. The molecule has 3 aromatic rings. The number of halogens is 3. The summed E-state index contributed by atoms with van der Waals surface area (Å²) in [5, 5.41) is 5.57. The lowest BCUT2D eigenvalue weighted by atomic mass is 10.1. The van der Waals surface area contributed by atoms with Gasteiger partial charge in [-0.1, -0.05) is 6.07 Å². The van der Waals surface area contributed by atoms with Crippen LogP contribution in [-0.2, 0) is 24.6 Å². The van der Waals surface area contributed by atoms with Gasteiger partial charge >= 0.3 is 11.9 Å². The SMILES string of the molecule is C/C(C=Nc1c(C)c(=O)n(Cc2ccccn2)c(=O)n1C)=C(\C)C(=O)NC1=CNCC(c2ccc(C(F)(F)F)nc2)=N1. The van der Waals surface area contributed by atoms with Crippen LogP contribution in [0.5, 0.6) is 0 Å². The summed E-state index contributed by atoms with van der Waals surface area (Å²) < 4.78 is 40.8. The summed E-state index contributed by atoms with van der Waals surface area (Å²) in [7, 11) is 1.50. The van der Waals surface area contributed by atoms with E-state index in [-0.39, 0.29) is 35.9 Å². The Morgan fingerprint density at radius 1 is 1.17 bits per heavy atom. The molecule has 4 heterocycles. The van der Waals surface area contributed by atoms with Crippen molar-refractivity contribution in [2.45, 2.75) is 33.5 Å². The number of aromatic nitrogens is 4. The molecule has 2 N–H and O–H groups in total. The molecule has 0 saturated carbocycles. The van der Waals surface area contributed by atoms with Gasteiger partial charge in [0.1, 0.15) is 17.3 Å². The number of allylic oxidation sites excluding steroid dienone is 1. The van der Waals surface area contributed by atoms with Gasteiger partial charge in [-0.3, -0.25) is 28.7 Å². The number of carbonyl (C=O) groups is 1. The van der Waals surface area contributed by atoms with E-state index < -0.39 is 29.0 Å². The zero-order valence-corrected chi connectivity index (χ0v) is 23.2. The van der Waals surface area contributed by atoms with Gasteiger partial charge in [-0.05, 0) is 50.6 Å². The molecule has 0 fully saturated rings. The lowest BCUT2D eigenvalue weighted by Crippen LogP contribution is -2.40. The van der Waals surface area contributed by atoms with Crippen LogP contribution in [0, 0.1) is 6.92 Å². The summed E-state index contributed by atoms with van der Waals surface area (Å²) in [6.45, 7) is 5.01. The van der Waals surface area contributed by atoms with Crippen LogP contribution in [-0.4, -0.2) is 43.5 Å². The number of nitrogens with one attached hydrogen (secondary N) is 2. The summed E-state index contributed by atoms with van der Waals surface area (Å²) in [5.74, 6) is -0.202. The first-order valence-corrected chi connectivity index (χ1v) is 12.6. The van der Waals surface area contributed by atoms with Crippen LogP contribution in [0.25, 0.3) is 0 Å². The molecule has 42 heavy (non-hydrogen) atoms. The van der Waals surface area contributed by atoms with Gasteiger partial charge in [0, 0.05) is 43.0 Å². The molecule has 0 saturated heterocycles. The first kappa shape index (κ1) is 29.8. The molecule has 1 aliphatic rings. The standard InChI is InChI=1S/C28H27F3N8O3/c1-16(11-35-24-18(3)26(41)39(27(42)38(24)4)15-20-7-5-6-10-33-20)17(2)25(40)37-23-14-32-13-21(36-23)19-8-9-22(34-12-19)28(29,30)31/h5-12,14,32H,13,15H2,1-4H3,(H,37,40)/b17-16-,35-11?. The van der Waals surface area contributed by atoms with E-state index in [1.54, 1.807) is 45.2 Å². The number of aliphatic imine (C=N–C) groups is 2. The number of nitrogens with zero attached hydrogens (tertiary/aromatic N) is 6. The van der Waals surface area contributed by atoms with Crippen molar-refractivity contribution in [3.63, 3.8) is 0 Å². The van der Waals surface area contributed by atoms with E-state index in [2.05, 4.69) is 30.6 Å². The highest BCUT2D eigenvalue weighted by Gasteiger charge is 2.32. The van der Waals surface area contributed by atoms with Crippen molar-refractivity contribution < 1.29 is 18.0 Å². The maximum Gasteiger partial charge on any atom is 0.433 e. The zero-order chi connectivity index (χ0) is 30.6. The first-order chi connectivity index (χ1) is 19.9. The summed E-state index contributed by atoms with van der Waals surface area (Å²) in [5.41, 5.74) is 0.229. The molecule has 11 nitrogen and oxygen atoms in total. The molecule has 0 aromatic carbocycles. The Balaban J connectivity index is 1.51. The van der Waals surface area contributed by atoms with Crippen LogP contribution in [0.1, 0.15) is 36.4 Å². The van der Waals surface area contributed by atoms with E-state index in [9.17, 15) is 27.6 Å². The average molecular weight is 581 g/mol. The molecule has 0 atom stereocenters. The number of amides is 1. The Morgan fingerprint density at radius 2 is 1.93 bits per heavy atom. The highest BCUT2D eigenvalue weighted by atomic mass is 19.4. The van der Waals surface area contributed by atoms with E-state index in [0.717, 1.165) is 16.8 Å². The second-order valence-electron chi connectivity index (χ2n) is 9.42. The summed E-state index contributed by atoms with van der Waals surface area (Å²) >= 11 is 0. The van der Waals surface area contributed by atoms with Gasteiger partial charge in [0.15, 0.2) is 0 Å². The van der Waals surface area contributed by atoms with E-state index >= 15 is 0 Å². The number of hydrogen-bond acceptors (Lipinski definition) is 8. The minimum absolute atomic E-state index is 0.0136. The molecule has 218 valence electrons. The van der Waals surface area contributed by atoms with Crippen molar-refractivity contribution in [2.75, 3.05) is 6.54 Å². The number of hydrogen-bond donors (Lipinski definition) is 2. The van der Waals surface area contributed by atoms with Gasteiger partial charge in [-0.25, -0.2) is 14.8 Å². The lowest BCUT2D eigenvalue weighted by Gasteiger charge is -2.16. The van der Waals surface area contributed by atoms with Crippen molar-refractivity contribution in [2.24, 2.45) is 17.0 Å². The molecule has 4 rings (SSSR count). The molecule has 1 amide bonds. The second kappa shape index (κ2) is 12.2. The number of alkyl halides is 3. The molecule has 0 radical (unpaired) electrons. The van der Waals surface area contributed by atoms with Crippen molar-refractivity contribution >= 4 is 23.7 Å². The molecule has 1 aliphatic heterocycles. The molecule has 0 bridgehead atoms. The van der Waals surface area contributed by atoms with Crippen LogP contribution in [0.4, 0.5) is 19.0 Å². The van der Waals surface area contributed by atoms with E-state index in [0.29, 0.717) is 22.5 Å². The molecule has 3 aromatic heterocycles. The highest BCUT2D eigenvalue weighted by Crippen LogP contribution is 2.27. The third-order valence-electron chi connectivity index (χ3n) is 6.49. The average Bonchev–Trinajstić information content (AvgIpc) is 2.98. The predicted octanol–water partition coefficient (Wildman–Crippen LogP) is 2.76. The quantitative estimate of drug-likeness (QED) is 0.326. The van der Waals surface area contributed by atoms with E-state index in [1.165, 1.54) is 30.1 Å². The van der Waals surface area contributed by atoms with Crippen LogP contribution < -0.4 is 21.9 Å². The van der Waals surface area contributed by atoms with Crippen molar-refractivity contribution in [3.05, 3.63) is 109 Å². The third-order valence-corrected chi connectivity index (χ3v) is 6.49. The Bertz CT molecular complexity index is 1710. The molecular formula is C28H27F3N8O3. The smallest absolute Gasteiger partial charge is 0.382 e. The van der Waals surface area contributed by atoms with Crippen molar-refractivity contribution in [3.8, 4) is 0 Å². The predicted molar refractivity (Wildman–Crippen MR) is 151 cm³/mol. The van der Waals surface area contributed by atoms with Gasteiger partial charge in [-0.15, -0.1) is 0 Å². The fourth-order valence-corrected chi connectivity index (χ4v) is 3.95. The fourth-order valence-electron chi connectivity index (χ4n) is 3.95. The van der Waals surface area contributed by atoms with Gasteiger partial charge < -0.3 is 10.6 Å². The normalized spacial score (nSPS) is 14.2. The Hall–Kier alpha value is -5.14. The Kier molecular flexibility index (Phi) is 8.64. The summed E-state index contributed by atoms with van der Waals surface area (Å²) in [4.78, 5) is 55.1. The van der Waals surface area contributed by atoms with Gasteiger partial charge in [-0.2, -0.15) is 13.2 Å². The Morgan fingerprint density at radius 3 is 2.57 bits per heavy atom. The van der Waals surface area contributed by atoms with E-state index in [4.69, 9.17) is 0 Å². The minimum Gasteiger partial charge on any atom is -0.382 e. The number of rotatable bonds is 7. The molecule has 14 heteroatoms. The monoisotopic (exact) mass is 580 g/mol. The van der Waals surface area contributed by atoms with E-state index in [1.807, 2.05) is 0 Å². The van der Waals surface area contributed by atoms with Crippen LogP contribution in [0.15, 0.2) is 85.5 Å². The summed E-state index contributed by atoms with van der Waals surface area (Å²) in [6, 6.07) is 7.34. The summed E-state index contributed by atoms with van der Waals surface area (Å²) in [6.07, 6.45) is 0.950. The van der Waals surface area contributed by atoms with Crippen molar-refractivity contribution in [1.29, 1.82) is 0 Å². The molecule has 0 spiro atoms. The topological polar surface area (TPSA) is 136 Å². The molecule has 0 aliphatic carbocycles. The largest absolute Gasteiger partial charge is 0.433 e. The van der Waals surface area contributed by atoms with Crippen LogP contribution >= 0.6 is 0 Å². The lowest BCUT2D eigenvalue weighted by molar-refractivity contribution is -0.141. The maximum absolute atomic E-state index is 13.0. The van der Waals surface area contributed by atoms with Gasteiger partial charge in [0.2, 0.25) is 0 Å². The van der Waals surface area contributed by atoms with Gasteiger partial charge in [0.25, 0.3) is 11.5 Å². The van der Waals surface area contributed by atoms with Crippen molar-refractivity contribution in [1.82, 2.24) is 29.7 Å². The third kappa shape index (κ3) is 6.59. The van der Waals surface area contributed by atoms with Crippen LogP contribution in [0.2, 0.25) is 0 Å². The highest BCUT2D eigenvalue weighted by molar-refractivity contribution is 6.04. The number of pyridine rings is 2. The Labute approximate surface area is 237 Å². The van der Waals surface area contributed by atoms with Crippen LogP contribution in [0.3, 0.4) is 0 Å². The zero-order valence-electron chi connectivity index (χ0n) is 23.2. The fraction of sp³-hybridized carbons (Fsp3) is 0.250. The number of carbonyl (C=O) groups excluding carboxylic acids is 1. The van der Waals surface area contributed by atoms with Gasteiger partial charge in [0.05, 0.1) is 30.1 Å². The maximum atomic E-state index is 13.0.